The lowest BCUT2D eigenvalue weighted by Gasteiger charge is -2.18. The van der Waals surface area contributed by atoms with Crippen molar-refractivity contribution >= 4 is 11.4 Å². The fraction of sp³-hybridized carbons (Fsp3) is 0.571. The number of nitrogens with zero attached hydrogens (tertiary/aromatic N) is 1. The number of ether oxygens (including phenoxy) is 1. The molecule has 0 saturated heterocycles. The van der Waals surface area contributed by atoms with Crippen molar-refractivity contribution in [2.75, 3.05) is 18.5 Å². The SMILES string of the molecule is CCCOc1cccc(NC(CC)CCO)c1[N+](=O)[O-]. The van der Waals surface area contributed by atoms with Gasteiger partial charge in [0, 0.05) is 12.6 Å². The van der Waals surface area contributed by atoms with Gasteiger partial charge in [-0.25, -0.2) is 0 Å². The highest BCUT2D eigenvalue weighted by Gasteiger charge is 2.22. The van der Waals surface area contributed by atoms with E-state index in [9.17, 15) is 10.1 Å². The maximum atomic E-state index is 11.3. The summed E-state index contributed by atoms with van der Waals surface area (Å²) >= 11 is 0. The van der Waals surface area contributed by atoms with Crippen LogP contribution in [0.15, 0.2) is 18.2 Å². The van der Waals surface area contributed by atoms with Crippen LogP contribution in [0.4, 0.5) is 11.4 Å². The molecule has 0 heterocycles. The number of hydrogen-bond acceptors (Lipinski definition) is 5. The lowest BCUT2D eigenvalue weighted by atomic mass is 10.1. The van der Waals surface area contributed by atoms with Crippen molar-refractivity contribution in [2.45, 2.75) is 39.2 Å². The van der Waals surface area contributed by atoms with Crippen LogP contribution in [0, 0.1) is 10.1 Å². The highest BCUT2D eigenvalue weighted by molar-refractivity contribution is 5.68. The third-order valence-electron chi connectivity index (χ3n) is 2.97. The van der Waals surface area contributed by atoms with Gasteiger partial charge < -0.3 is 15.2 Å². The Morgan fingerprint density at radius 3 is 2.75 bits per heavy atom. The second-order valence-corrected chi connectivity index (χ2v) is 4.52. The van der Waals surface area contributed by atoms with E-state index in [1.54, 1.807) is 18.2 Å². The van der Waals surface area contributed by atoms with Crippen molar-refractivity contribution in [1.29, 1.82) is 0 Å². The standard InChI is InChI=1S/C14H22N2O4/c1-3-10-20-13-7-5-6-12(14(13)16(18)19)15-11(4-2)8-9-17/h5-7,11,15,17H,3-4,8-10H2,1-2H3. The molecule has 0 amide bonds. The minimum absolute atomic E-state index is 0.000116. The maximum absolute atomic E-state index is 11.3. The van der Waals surface area contributed by atoms with Gasteiger partial charge in [0.15, 0.2) is 5.75 Å². The Kier molecular flexibility index (Phi) is 6.79. The second kappa shape index (κ2) is 8.37. The third-order valence-corrected chi connectivity index (χ3v) is 2.97. The van der Waals surface area contributed by atoms with Gasteiger partial charge in [-0.05, 0) is 31.4 Å². The fourth-order valence-corrected chi connectivity index (χ4v) is 1.91. The summed E-state index contributed by atoms with van der Waals surface area (Å²) in [5, 5.41) is 23.4. The molecule has 20 heavy (non-hydrogen) atoms. The highest BCUT2D eigenvalue weighted by atomic mass is 16.6. The van der Waals surface area contributed by atoms with Gasteiger partial charge in [-0.1, -0.05) is 19.9 Å². The summed E-state index contributed by atoms with van der Waals surface area (Å²) in [6.07, 6.45) is 2.11. The summed E-state index contributed by atoms with van der Waals surface area (Å²) < 4.78 is 5.43. The average Bonchev–Trinajstić information content (AvgIpc) is 2.44. The molecular formula is C14H22N2O4. The summed E-state index contributed by atoms with van der Waals surface area (Å²) in [5.74, 6) is 0.278. The predicted octanol–water partition coefficient (Wildman–Crippen LogP) is 2.96. The molecule has 2 N–H and O–H groups in total. The van der Waals surface area contributed by atoms with Crippen molar-refractivity contribution < 1.29 is 14.8 Å². The molecule has 0 aliphatic heterocycles. The summed E-state index contributed by atoms with van der Waals surface area (Å²) in [6.45, 7) is 4.41. The van der Waals surface area contributed by atoms with Gasteiger partial charge in [-0.3, -0.25) is 10.1 Å². The molecule has 6 heteroatoms. The average molecular weight is 282 g/mol. The number of hydrogen-bond donors (Lipinski definition) is 2. The van der Waals surface area contributed by atoms with Crippen molar-refractivity contribution in [3.8, 4) is 5.75 Å². The van der Waals surface area contributed by atoms with E-state index in [0.29, 0.717) is 18.7 Å². The van der Waals surface area contributed by atoms with Crippen molar-refractivity contribution in [3.05, 3.63) is 28.3 Å². The van der Waals surface area contributed by atoms with Crippen LogP contribution in [0.5, 0.6) is 5.75 Å². The van der Waals surface area contributed by atoms with Crippen LogP contribution in [0.3, 0.4) is 0 Å². The van der Waals surface area contributed by atoms with Crippen LogP contribution in [-0.2, 0) is 0 Å². The first-order valence-electron chi connectivity index (χ1n) is 6.91. The van der Waals surface area contributed by atoms with Gasteiger partial charge in [0.25, 0.3) is 0 Å². The Hall–Kier alpha value is -1.82. The number of anilines is 1. The van der Waals surface area contributed by atoms with Crippen LogP contribution in [-0.4, -0.2) is 29.3 Å². The first kappa shape index (κ1) is 16.2. The normalized spacial score (nSPS) is 11.9. The Balaban J connectivity index is 3.02. The molecule has 1 unspecified atom stereocenters. The molecule has 1 aromatic rings. The molecule has 0 bridgehead atoms. The van der Waals surface area contributed by atoms with Gasteiger partial charge >= 0.3 is 5.69 Å². The van der Waals surface area contributed by atoms with E-state index in [1.165, 1.54) is 0 Å². The molecule has 6 nitrogen and oxygen atoms in total. The molecule has 1 rings (SSSR count). The predicted molar refractivity (Wildman–Crippen MR) is 78.3 cm³/mol. The van der Waals surface area contributed by atoms with Crippen LogP contribution in [0.1, 0.15) is 33.1 Å². The quantitative estimate of drug-likeness (QED) is 0.537. The van der Waals surface area contributed by atoms with E-state index in [2.05, 4.69) is 5.32 Å². The number of aliphatic hydroxyl groups excluding tert-OH is 1. The minimum Gasteiger partial charge on any atom is -0.487 e. The Labute approximate surface area is 118 Å². The summed E-state index contributed by atoms with van der Waals surface area (Å²) in [6, 6.07) is 5.00. The zero-order valence-corrected chi connectivity index (χ0v) is 12.0. The monoisotopic (exact) mass is 282 g/mol. The highest BCUT2D eigenvalue weighted by Crippen LogP contribution is 2.35. The van der Waals surface area contributed by atoms with Crippen LogP contribution in [0.25, 0.3) is 0 Å². The molecule has 0 fully saturated rings. The molecule has 0 aliphatic carbocycles. The number of nitrogens with one attached hydrogen (secondary N) is 1. The molecule has 0 spiro atoms. The van der Waals surface area contributed by atoms with Crippen LogP contribution < -0.4 is 10.1 Å². The van der Waals surface area contributed by atoms with Gasteiger partial charge in [0.2, 0.25) is 0 Å². The van der Waals surface area contributed by atoms with Crippen molar-refractivity contribution in [2.24, 2.45) is 0 Å². The smallest absolute Gasteiger partial charge is 0.333 e. The number of nitro groups is 1. The molecule has 0 saturated carbocycles. The minimum atomic E-state index is -0.432. The second-order valence-electron chi connectivity index (χ2n) is 4.52. The van der Waals surface area contributed by atoms with E-state index in [0.717, 1.165) is 12.8 Å². The molecule has 0 aromatic heterocycles. The number of nitro benzene ring substituents is 1. The van der Waals surface area contributed by atoms with Gasteiger partial charge in [0.05, 0.1) is 11.5 Å². The summed E-state index contributed by atoms with van der Waals surface area (Å²) in [5.41, 5.74) is 0.390. The van der Waals surface area contributed by atoms with Gasteiger partial charge in [-0.15, -0.1) is 0 Å². The summed E-state index contributed by atoms with van der Waals surface area (Å²) in [4.78, 5) is 10.8. The Morgan fingerprint density at radius 2 is 2.20 bits per heavy atom. The van der Waals surface area contributed by atoms with Crippen LogP contribution >= 0.6 is 0 Å². The van der Waals surface area contributed by atoms with E-state index >= 15 is 0 Å². The van der Waals surface area contributed by atoms with Crippen LogP contribution in [0.2, 0.25) is 0 Å². The van der Waals surface area contributed by atoms with E-state index in [4.69, 9.17) is 9.84 Å². The zero-order valence-electron chi connectivity index (χ0n) is 12.0. The number of rotatable bonds is 9. The first-order valence-corrected chi connectivity index (χ1v) is 6.91. The molecular weight excluding hydrogens is 260 g/mol. The van der Waals surface area contributed by atoms with E-state index in [1.807, 2.05) is 13.8 Å². The number of para-hydroxylation sites is 1. The number of benzene rings is 1. The van der Waals surface area contributed by atoms with E-state index < -0.39 is 4.92 Å². The maximum Gasteiger partial charge on any atom is 0.333 e. The fourth-order valence-electron chi connectivity index (χ4n) is 1.91. The van der Waals surface area contributed by atoms with Gasteiger partial charge in [-0.2, -0.15) is 0 Å². The molecule has 112 valence electrons. The largest absolute Gasteiger partial charge is 0.487 e. The number of aliphatic hydroxyl groups is 1. The summed E-state index contributed by atoms with van der Waals surface area (Å²) in [7, 11) is 0. The molecule has 0 aliphatic rings. The van der Waals surface area contributed by atoms with Gasteiger partial charge in [0.1, 0.15) is 5.69 Å². The first-order chi connectivity index (χ1) is 9.63. The topological polar surface area (TPSA) is 84.6 Å². The molecule has 1 aromatic carbocycles. The van der Waals surface area contributed by atoms with E-state index in [-0.39, 0.29) is 24.1 Å². The lowest BCUT2D eigenvalue weighted by molar-refractivity contribution is -0.385. The van der Waals surface area contributed by atoms with Crippen molar-refractivity contribution in [3.63, 3.8) is 0 Å². The molecule has 0 radical (unpaired) electrons. The lowest BCUT2D eigenvalue weighted by Crippen LogP contribution is -2.20. The Morgan fingerprint density at radius 1 is 1.45 bits per heavy atom. The zero-order chi connectivity index (χ0) is 15.0. The van der Waals surface area contributed by atoms with Crippen molar-refractivity contribution in [1.82, 2.24) is 0 Å². The third kappa shape index (κ3) is 4.38. The molecule has 1 atom stereocenters. The Bertz CT molecular complexity index is 437.